The zero-order valence-corrected chi connectivity index (χ0v) is 13.4. The molecule has 0 rings (SSSR count). The number of hydrogen-bond donors (Lipinski definition) is 2. The molecular formula is C13H26ClN3O4. The first-order valence-corrected chi connectivity index (χ1v) is 7.91. The summed E-state index contributed by atoms with van der Waals surface area (Å²) in [5.41, 5.74) is 0. The Labute approximate surface area is 130 Å². The first kappa shape index (κ1) is 20.1. The summed E-state index contributed by atoms with van der Waals surface area (Å²) in [7, 11) is 0. The summed E-state index contributed by atoms with van der Waals surface area (Å²) in [6.45, 7) is 4.18. The van der Waals surface area contributed by atoms with Crippen molar-refractivity contribution in [2.45, 2.75) is 38.6 Å². The molecule has 124 valence electrons. The lowest BCUT2D eigenvalue weighted by atomic mass is 10.2. The van der Waals surface area contributed by atoms with Gasteiger partial charge in [-0.1, -0.05) is 0 Å². The van der Waals surface area contributed by atoms with Crippen LogP contribution in [0.3, 0.4) is 0 Å². The molecule has 8 heteroatoms. The second-order valence-electron chi connectivity index (χ2n) is 4.66. The molecule has 0 aliphatic heterocycles. The maximum atomic E-state index is 11.1. The zero-order valence-electron chi connectivity index (χ0n) is 12.6. The van der Waals surface area contributed by atoms with Gasteiger partial charge in [-0.2, -0.15) is 0 Å². The molecule has 1 unspecified atom stereocenters. The van der Waals surface area contributed by atoms with Gasteiger partial charge in [-0.05, 0) is 39.3 Å². The van der Waals surface area contributed by atoms with E-state index >= 15 is 0 Å². The van der Waals surface area contributed by atoms with Gasteiger partial charge in [0.15, 0.2) is 0 Å². The molecule has 0 fully saturated rings. The molecule has 0 aromatic rings. The summed E-state index contributed by atoms with van der Waals surface area (Å²) in [5, 5.41) is 16.8. The number of hydrogen-bond acceptors (Lipinski definition) is 6. The van der Waals surface area contributed by atoms with Gasteiger partial charge in [0.25, 0.3) is 0 Å². The molecule has 0 saturated heterocycles. The molecule has 0 heterocycles. The number of nitro groups is 1. The molecule has 0 aliphatic rings. The number of carbonyl (C=O) groups excluding carboxylic acids is 1. The molecule has 0 bridgehead atoms. The van der Waals surface area contributed by atoms with Crippen molar-refractivity contribution in [3.63, 3.8) is 0 Å². The molecule has 21 heavy (non-hydrogen) atoms. The minimum atomic E-state index is -0.314. The van der Waals surface area contributed by atoms with Crippen LogP contribution in [0.25, 0.3) is 0 Å². The van der Waals surface area contributed by atoms with Crippen LogP contribution in [0.1, 0.15) is 32.6 Å². The monoisotopic (exact) mass is 323 g/mol. The minimum absolute atomic E-state index is 0.0958. The molecule has 2 N–H and O–H groups in total. The average molecular weight is 324 g/mol. The van der Waals surface area contributed by atoms with Gasteiger partial charge < -0.3 is 15.4 Å². The molecule has 0 radical (unpaired) electrons. The van der Waals surface area contributed by atoms with Crippen molar-refractivity contribution in [3.8, 4) is 0 Å². The average Bonchev–Trinajstić information content (AvgIpc) is 2.43. The highest BCUT2D eigenvalue weighted by Crippen LogP contribution is 1.97. The van der Waals surface area contributed by atoms with Crippen LogP contribution in [-0.2, 0) is 9.53 Å². The third-order valence-corrected chi connectivity index (χ3v) is 3.05. The maximum Gasteiger partial charge on any atom is 0.305 e. The summed E-state index contributed by atoms with van der Waals surface area (Å²) in [4.78, 5) is 21.3. The lowest BCUT2D eigenvalue weighted by Gasteiger charge is -2.14. The lowest BCUT2D eigenvalue weighted by Crippen LogP contribution is -2.39. The zero-order chi connectivity index (χ0) is 15.9. The predicted molar refractivity (Wildman–Crippen MR) is 82.3 cm³/mol. The van der Waals surface area contributed by atoms with Crippen LogP contribution in [-0.4, -0.2) is 55.6 Å². The Hall–Kier alpha value is -0.920. The van der Waals surface area contributed by atoms with E-state index < -0.39 is 0 Å². The molecule has 0 aromatic heterocycles. The SMILES string of the molecule is CCOC(=O)CCCCNCCC(C[N+](=O)[O-])NCCCl. The number of nitrogens with zero attached hydrogens (tertiary/aromatic N) is 1. The van der Waals surface area contributed by atoms with Gasteiger partial charge in [-0.25, -0.2) is 0 Å². The number of esters is 1. The Morgan fingerprint density at radius 2 is 2.10 bits per heavy atom. The van der Waals surface area contributed by atoms with E-state index in [2.05, 4.69) is 10.6 Å². The summed E-state index contributed by atoms with van der Waals surface area (Å²) in [5.74, 6) is 0.281. The van der Waals surface area contributed by atoms with Gasteiger partial charge in [-0.3, -0.25) is 14.9 Å². The van der Waals surface area contributed by atoms with Crippen molar-refractivity contribution in [1.29, 1.82) is 0 Å². The number of nitrogens with one attached hydrogen (secondary N) is 2. The van der Waals surface area contributed by atoms with Gasteiger partial charge in [0.2, 0.25) is 6.54 Å². The van der Waals surface area contributed by atoms with E-state index in [-0.39, 0.29) is 23.5 Å². The molecule has 0 aromatic carbocycles. The van der Waals surface area contributed by atoms with E-state index in [0.717, 1.165) is 19.4 Å². The molecule has 0 aliphatic carbocycles. The van der Waals surface area contributed by atoms with Gasteiger partial charge in [0.1, 0.15) is 0 Å². The van der Waals surface area contributed by atoms with E-state index in [0.29, 0.717) is 38.4 Å². The van der Waals surface area contributed by atoms with Gasteiger partial charge >= 0.3 is 5.97 Å². The van der Waals surface area contributed by atoms with E-state index in [1.54, 1.807) is 6.92 Å². The number of carbonyl (C=O) groups is 1. The second kappa shape index (κ2) is 14.0. The molecular weight excluding hydrogens is 298 g/mol. The molecule has 1 atom stereocenters. The van der Waals surface area contributed by atoms with Crippen LogP contribution >= 0.6 is 11.6 Å². The summed E-state index contributed by atoms with van der Waals surface area (Å²) in [6, 6.07) is -0.161. The number of rotatable bonds is 14. The Balaban J connectivity index is 3.56. The number of unbranched alkanes of at least 4 members (excludes halogenated alkanes) is 1. The van der Waals surface area contributed by atoms with Crippen molar-refractivity contribution in [2.24, 2.45) is 0 Å². The van der Waals surface area contributed by atoms with Crippen molar-refractivity contribution < 1.29 is 14.5 Å². The number of alkyl halides is 1. The summed E-state index contributed by atoms with van der Waals surface area (Å²) >= 11 is 5.56. The summed E-state index contributed by atoms with van der Waals surface area (Å²) in [6.07, 6.45) is 2.79. The first-order chi connectivity index (χ1) is 10.1. The first-order valence-electron chi connectivity index (χ1n) is 7.37. The third kappa shape index (κ3) is 13.8. The van der Waals surface area contributed by atoms with Crippen LogP contribution in [0.4, 0.5) is 0 Å². The quantitative estimate of drug-likeness (QED) is 0.164. The van der Waals surface area contributed by atoms with Gasteiger partial charge in [0, 0.05) is 23.8 Å². The van der Waals surface area contributed by atoms with Crippen LogP contribution in [0.5, 0.6) is 0 Å². The maximum absolute atomic E-state index is 11.1. The Bertz CT molecular complexity index is 293. The molecule has 0 amide bonds. The second-order valence-corrected chi connectivity index (χ2v) is 5.03. The fourth-order valence-electron chi connectivity index (χ4n) is 1.85. The number of ether oxygens (including phenoxy) is 1. The number of halogens is 1. The third-order valence-electron chi connectivity index (χ3n) is 2.86. The predicted octanol–water partition coefficient (Wildman–Crippen LogP) is 1.17. The van der Waals surface area contributed by atoms with Crippen molar-refractivity contribution in [1.82, 2.24) is 10.6 Å². The van der Waals surface area contributed by atoms with E-state index in [1.807, 2.05) is 0 Å². The smallest absolute Gasteiger partial charge is 0.305 e. The normalized spacial score (nSPS) is 12.1. The van der Waals surface area contributed by atoms with E-state index in [9.17, 15) is 14.9 Å². The Morgan fingerprint density at radius 1 is 1.33 bits per heavy atom. The largest absolute Gasteiger partial charge is 0.466 e. The van der Waals surface area contributed by atoms with E-state index in [4.69, 9.17) is 16.3 Å². The highest BCUT2D eigenvalue weighted by molar-refractivity contribution is 6.18. The van der Waals surface area contributed by atoms with Gasteiger partial charge in [0.05, 0.1) is 12.6 Å². The molecule has 7 nitrogen and oxygen atoms in total. The van der Waals surface area contributed by atoms with Crippen LogP contribution in [0, 0.1) is 10.1 Å². The highest BCUT2D eigenvalue weighted by Gasteiger charge is 2.13. The molecule has 0 spiro atoms. The topological polar surface area (TPSA) is 93.5 Å². The molecule has 0 saturated carbocycles. The lowest BCUT2D eigenvalue weighted by molar-refractivity contribution is -0.483. The fraction of sp³-hybridized carbons (Fsp3) is 0.923. The van der Waals surface area contributed by atoms with Crippen LogP contribution < -0.4 is 10.6 Å². The summed E-state index contributed by atoms with van der Waals surface area (Å²) < 4.78 is 4.83. The van der Waals surface area contributed by atoms with Crippen molar-refractivity contribution >= 4 is 17.6 Å². The van der Waals surface area contributed by atoms with Crippen molar-refractivity contribution in [3.05, 3.63) is 10.1 Å². The Morgan fingerprint density at radius 3 is 2.71 bits per heavy atom. The minimum Gasteiger partial charge on any atom is -0.466 e. The van der Waals surface area contributed by atoms with Crippen LogP contribution in [0.2, 0.25) is 0 Å². The van der Waals surface area contributed by atoms with Crippen LogP contribution in [0.15, 0.2) is 0 Å². The van der Waals surface area contributed by atoms with Gasteiger partial charge in [-0.15, -0.1) is 11.6 Å². The van der Waals surface area contributed by atoms with Crippen molar-refractivity contribution in [2.75, 3.05) is 38.7 Å². The highest BCUT2D eigenvalue weighted by atomic mass is 35.5. The fourth-order valence-corrected chi connectivity index (χ4v) is 1.96. The Kier molecular flexibility index (Phi) is 13.4. The standard InChI is InChI=1S/C13H26ClN3O4/c1-2-21-13(18)5-3-4-8-15-9-6-12(11-17(19)20)16-10-7-14/h12,15-16H,2-11H2,1H3. The van der Waals surface area contributed by atoms with E-state index in [1.165, 1.54) is 0 Å².